The Morgan fingerprint density at radius 2 is 1.78 bits per heavy atom. The fraction of sp³-hybridized carbons (Fsp3) is 0.278. The van der Waals surface area contributed by atoms with Crippen molar-refractivity contribution in [3.63, 3.8) is 0 Å². The van der Waals surface area contributed by atoms with E-state index in [4.69, 9.17) is 10.5 Å². The zero-order valence-electron chi connectivity index (χ0n) is 13.5. The Morgan fingerprint density at radius 1 is 1.13 bits per heavy atom. The van der Waals surface area contributed by atoms with Gasteiger partial charge in [0, 0.05) is 18.7 Å². The van der Waals surface area contributed by atoms with Crippen LogP contribution < -0.4 is 15.8 Å². The standard InChI is InChI=1S/C18H22FN3O/c1-13-10-14(2)12-16(11-13)22-18(20)21-8-3-9-23-17-6-4-15(19)5-7-17/h4-7,10-12H,3,8-9H2,1-2H3,(H3,20,21,22). The van der Waals surface area contributed by atoms with Gasteiger partial charge in [-0.05, 0) is 61.4 Å². The number of guanidine groups is 1. The van der Waals surface area contributed by atoms with Crippen LogP contribution in [0.1, 0.15) is 17.5 Å². The summed E-state index contributed by atoms with van der Waals surface area (Å²) in [6.07, 6.45) is 0.729. The van der Waals surface area contributed by atoms with Gasteiger partial charge in [0.15, 0.2) is 5.96 Å². The van der Waals surface area contributed by atoms with Crippen LogP contribution in [0, 0.1) is 19.7 Å². The highest BCUT2D eigenvalue weighted by molar-refractivity contribution is 5.92. The van der Waals surface area contributed by atoms with Gasteiger partial charge in [-0.3, -0.25) is 4.99 Å². The average Bonchev–Trinajstić information content (AvgIpc) is 2.47. The molecule has 0 saturated heterocycles. The van der Waals surface area contributed by atoms with E-state index in [0.29, 0.717) is 24.9 Å². The molecule has 4 nitrogen and oxygen atoms in total. The molecule has 0 aliphatic carbocycles. The number of aryl methyl sites for hydroxylation is 2. The maximum Gasteiger partial charge on any atom is 0.193 e. The van der Waals surface area contributed by atoms with Gasteiger partial charge >= 0.3 is 0 Å². The van der Waals surface area contributed by atoms with E-state index in [1.807, 2.05) is 26.0 Å². The van der Waals surface area contributed by atoms with Crippen molar-refractivity contribution < 1.29 is 9.13 Å². The maximum absolute atomic E-state index is 12.8. The SMILES string of the molecule is Cc1cc(C)cc(NC(N)=NCCCOc2ccc(F)cc2)c1. The molecule has 0 spiro atoms. The van der Waals surface area contributed by atoms with Gasteiger partial charge in [0.2, 0.25) is 0 Å². The lowest BCUT2D eigenvalue weighted by molar-refractivity contribution is 0.313. The zero-order valence-corrected chi connectivity index (χ0v) is 13.5. The molecule has 3 N–H and O–H groups in total. The van der Waals surface area contributed by atoms with Crippen LogP contribution in [0.15, 0.2) is 47.5 Å². The van der Waals surface area contributed by atoms with Gasteiger partial charge < -0.3 is 15.8 Å². The maximum atomic E-state index is 12.8. The van der Waals surface area contributed by atoms with Crippen LogP contribution in [0.2, 0.25) is 0 Å². The highest BCUT2D eigenvalue weighted by Crippen LogP contribution is 2.13. The third-order valence-corrected chi connectivity index (χ3v) is 3.16. The fourth-order valence-electron chi connectivity index (χ4n) is 2.22. The Labute approximate surface area is 136 Å². The fourth-order valence-corrected chi connectivity index (χ4v) is 2.22. The molecule has 0 bridgehead atoms. The van der Waals surface area contributed by atoms with Gasteiger partial charge in [-0.25, -0.2) is 4.39 Å². The minimum atomic E-state index is -0.271. The van der Waals surface area contributed by atoms with Crippen LogP contribution in [-0.2, 0) is 0 Å². The smallest absolute Gasteiger partial charge is 0.193 e. The average molecular weight is 315 g/mol. The van der Waals surface area contributed by atoms with Crippen molar-refractivity contribution in [1.29, 1.82) is 0 Å². The molecular formula is C18H22FN3O. The lowest BCUT2D eigenvalue weighted by Crippen LogP contribution is -2.23. The van der Waals surface area contributed by atoms with Crippen molar-refractivity contribution in [3.05, 3.63) is 59.4 Å². The van der Waals surface area contributed by atoms with Crippen molar-refractivity contribution in [2.75, 3.05) is 18.5 Å². The summed E-state index contributed by atoms with van der Waals surface area (Å²) in [5, 5.41) is 3.08. The molecule has 0 unspecified atom stereocenters. The van der Waals surface area contributed by atoms with Crippen molar-refractivity contribution >= 4 is 11.6 Å². The summed E-state index contributed by atoms with van der Waals surface area (Å²) < 4.78 is 18.2. The predicted octanol–water partition coefficient (Wildman–Crippen LogP) is 3.64. The molecule has 0 heterocycles. The number of benzene rings is 2. The third kappa shape index (κ3) is 5.98. The number of aliphatic imine (C=N–C) groups is 1. The monoisotopic (exact) mass is 315 g/mol. The number of nitrogens with two attached hydrogens (primary N) is 1. The van der Waals surface area contributed by atoms with Crippen molar-refractivity contribution in [2.24, 2.45) is 10.7 Å². The number of ether oxygens (including phenoxy) is 1. The van der Waals surface area contributed by atoms with E-state index in [2.05, 4.69) is 16.4 Å². The van der Waals surface area contributed by atoms with Crippen molar-refractivity contribution in [2.45, 2.75) is 20.3 Å². The van der Waals surface area contributed by atoms with E-state index in [0.717, 1.165) is 12.1 Å². The summed E-state index contributed by atoms with van der Waals surface area (Å²) in [5.41, 5.74) is 9.16. The highest BCUT2D eigenvalue weighted by Gasteiger charge is 1.98. The molecule has 5 heteroatoms. The van der Waals surface area contributed by atoms with E-state index in [1.165, 1.54) is 23.3 Å². The number of hydrogen-bond donors (Lipinski definition) is 2. The molecular weight excluding hydrogens is 293 g/mol. The molecule has 23 heavy (non-hydrogen) atoms. The van der Waals surface area contributed by atoms with E-state index in [1.54, 1.807) is 12.1 Å². The van der Waals surface area contributed by atoms with Crippen LogP contribution in [0.4, 0.5) is 10.1 Å². The summed E-state index contributed by atoms with van der Waals surface area (Å²) >= 11 is 0. The topological polar surface area (TPSA) is 59.6 Å². The first kappa shape index (κ1) is 16.8. The van der Waals surface area contributed by atoms with Crippen LogP contribution in [0.5, 0.6) is 5.75 Å². The number of nitrogens with zero attached hydrogens (tertiary/aromatic N) is 1. The van der Waals surface area contributed by atoms with Gasteiger partial charge in [0.25, 0.3) is 0 Å². The number of anilines is 1. The highest BCUT2D eigenvalue weighted by atomic mass is 19.1. The Bertz CT molecular complexity index is 648. The van der Waals surface area contributed by atoms with Crippen molar-refractivity contribution in [3.8, 4) is 5.75 Å². The van der Waals surface area contributed by atoms with E-state index in [-0.39, 0.29) is 5.82 Å². The number of halogens is 1. The molecule has 0 atom stereocenters. The minimum Gasteiger partial charge on any atom is -0.494 e. The van der Waals surface area contributed by atoms with Crippen LogP contribution in [-0.4, -0.2) is 19.1 Å². The van der Waals surface area contributed by atoms with E-state index < -0.39 is 0 Å². The minimum absolute atomic E-state index is 0.271. The molecule has 0 radical (unpaired) electrons. The molecule has 0 aliphatic rings. The molecule has 0 aliphatic heterocycles. The molecule has 0 fully saturated rings. The third-order valence-electron chi connectivity index (χ3n) is 3.16. The lowest BCUT2D eigenvalue weighted by Gasteiger charge is -2.08. The van der Waals surface area contributed by atoms with Gasteiger partial charge in [-0.2, -0.15) is 0 Å². The predicted molar refractivity (Wildman–Crippen MR) is 92.5 cm³/mol. The first-order valence-corrected chi connectivity index (χ1v) is 7.56. The summed E-state index contributed by atoms with van der Waals surface area (Å²) in [6, 6.07) is 12.1. The molecule has 122 valence electrons. The number of nitrogens with one attached hydrogen (secondary N) is 1. The number of hydrogen-bond acceptors (Lipinski definition) is 2. The zero-order chi connectivity index (χ0) is 16.7. The van der Waals surface area contributed by atoms with E-state index >= 15 is 0 Å². The largest absolute Gasteiger partial charge is 0.494 e. The molecule has 2 rings (SSSR count). The quantitative estimate of drug-likeness (QED) is 0.486. The molecule has 0 saturated carbocycles. The van der Waals surface area contributed by atoms with Crippen LogP contribution in [0.25, 0.3) is 0 Å². The molecule has 0 aromatic heterocycles. The lowest BCUT2D eigenvalue weighted by atomic mass is 10.1. The second kappa shape index (κ2) is 8.17. The van der Waals surface area contributed by atoms with Crippen LogP contribution in [0.3, 0.4) is 0 Å². The van der Waals surface area contributed by atoms with Gasteiger partial charge in [0.05, 0.1) is 6.61 Å². The second-order valence-corrected chi connectivity index (χ2v) is 5.42. The van der Waals surface area contributed by atoms with Gasteiger partial charge in [-0.1, -0.05) is 6.07 Å². The van der Waals surface area contributed by atoms with Crippen LogP contribution >= 0.6 is 0 Å². The van der Waals surface area contributed by atoms with Gasteiger partial charge in [0.1, 0.15) is 11.6 Å². The second-order valence-electron chi connectivity index (χ2n) is 5.42. The number of rotatable bonds is 6. The molecule has 0 amide bonds. The molecule has 2 aromatic carbocycles. The van der Waals surface area contributed by atoms with E-state index in [9.17, 15) is 4.39 Å². The normalized spacial score (nSPS) is 11.3. The summed E-state index contributed by atoms with van der Waals surface area (Å²) in [4.78, 5) is 4.27. The molecule has 2 aromatic rings. The summed E-state index contributed by atoms with van der Waals surface area (Å²) in [5.74, 6) is 0.765. The van der Waals surface area contributed by atoms with Gasteiger partial charge in [-0.15, -0.1) is 0 Å². The van der Waals surface area contributed by atoms with Crippen molar-refractivity contribution in [1.82, 2.24) is 0 Å². The Morgan fingerprint density at radius 3 is 2.43 bits per heavy atom. The Hall–Kier alpha value is -2.56. The summed E-state index contributed by atoms with van der Waals surface area (Å²) in [7, 11) is 0. The first-order valence-electron chi connectivity index (χ1n) is 7.56. The first-order chi connectivity index (χ1) is 11.0. The summed E-state index contributed by atoms with van der Waals surface area (Å²) in [6.45, 7) is 5.15. The Balaban J connectivity index is 1.73. The Kier molecular flexibility index (Phi) is 5.97.